The van der Waals surface area contributed by atoms with Crippen molar-refractivity contribution < 1.29 is 9.90 Å². The molecule has 0 aliphatic carbocycles. The molecule has 5 nitrogen and oxygen atoms in total. The molecule has 1 aromatic heterocycles. The zero-order valence-electron chi connectivity index (χ0n) is 14.7. The molecule has 1 heterocycles. The van der Waals surface area contributed by atoms with Gasteiger partial charge in [0.2, 0.25) is 0 Å². The summed E-state index contributed by atoms with van der Waals surface area (Å²) >= 11 is 12.5. The molecule has 0 atom stereocenters. The van der Waals surface area contributed by atoms with Crippen LogP contribution in [0.5, 0.6) is 5.75 Å². The fourth-order valence-corrected chi connectivity index (χ4v) is 3.22. The number of hydrazone groups is 1. The van der Waals surface area contributed by atoms with Gasteiger partial charge in [0.15, 0.2) is 0 Å². The number of aromatic nitrogens is 1. The van der Waals surface area contributed by atoms with Crippen LogP contribution in [-0.4, -0.2) is 21.8 Å². The lowest BCUT2D eigenvalue weighted by molar-refractivity contribution is 0.0952. The lowest BCUT2D eigenvalue weighted by atomic mass is 10.2. The minimum atomic E-state index is -0.490. The number of nitrogens with one attached hydrogen (secondary N) is 1. The number of benzene rings is 2. The summed E-state index contributed by atoms with van der Waals surface area (Å²) in [6.07, 6.45) is 1.55. The third-order valence-electron chi connectivity index (χ3n) is 4.16. The number of rotatable bonds is 4. The van der Waals surface area contributed by atoms with Crippen LogP contribution >= 0.6 is 23.2 Å². The van der Waals surface area contributed by atoms with E-state index >= 15 is 0 Å². The van der Waals surface area contributed by atoms with E-state index in [0.717, 1.165) is 22.6 Å². The molecule has 3 rings (SSSR count). The van der Waals surface area contributed by atoms with Gasteiger partial charge in [0.25, 0.3) is 5.91 Å². The van der Waals surface area contributed by atoms with Crippen molar-refractivity contribution >= 4 is 35.3 Å². The van der Waals surface area contributed by atoms with E-state index < -0.39 is 5.91 Å². The lowest BCUT2D eigenvalue weighted by Gasteiger charge is -2.12. The number of aromatic hydroxyl groups is 1. The molecule has 0 aliphatic rings. The van der Waals surface area contributed by atoms with Crippen LogP contribution in [0.4, 0.5) is 0 Å². The largest absolute Gasteiger partial charge is 0.507 e. The topological polar surface area (TPSA) is 66.6 Å². The van der Waals surface area contributed by atoms with Gasteiger partial charge in [0.1, 0.15) is 5.75 Å². The molecule has 1 amide bonds. The molecule has 0 saturated heterocycles. The predicted octanol–water partition coefficient (Wildman–Crippen LogP) is 4.87. The highest BCUT2D eigenvalue weighted by Gasteiger charge is 2.14. The highest BCUT2D eigenvalue weighted by atomic mass is 35.5. The number of aryl methyl sites for hydroxylation is 1. The van der Waals surface area contributed by atoms with Crippen LogP contribution in [0.1, 0.15) is 27.3 Å². The number of amides is 1. The molecule has 3 aromatic rings. The smallest absolute Gasteiger partial charge is 0.275 e. The summed E-state index contributed by atoms with van der Waals surface area (Å²) in [6.45, 7) is 3.87. The number of carbonyl (C=O) groups is 1. The fraction of sp³-hybridized carbons (Fsp3) is 0.100. The van der Waals surface area contributed by atoms with Crippen molar-refractivity contribution in [1.82, 2.24) is 9.99 Å². The van der Waals surface area contributed by atoms with Crippen LogP contribution < -0.4 is 5.43 Å². The number of carbonyl (C=O) groups excluding carboxylic acids is 1. The monoisotopic (exact) mass is 401 g/mol. The Morgan fingerprint density at radius 2 is 1.89 bits per heavy atom. The van der Waals surface area contributed by atoms with Gasteiger partial charge in [-0.25, -0.2) is 5.43 Å². The van der Waals surface area contributed by atoms with E-state index in [4.69, 9.17) is 23.2 Å². The number of hydrogen-bond donors (Lipinski definition) is 2. The molecule has 138 valence electrons. The van der Waals surface area contributed by atoms with Gasteiger partial charge in [-0.3, -0.25) is 4.79 Å². The first-order chi connectivity index (χ1) is 12.9. The van der Waals surface area contributed by atoms with Crippen LogP contribution in [-0.2, 0) is 0 Å². The van der Waals surface area contributed by atoms with Crippen molar-refractivity contribution in [3.63, 3.8) is 0 Å². The number of para-hydroxylation sites is 1. The molecule has 0 fully saturated rings. The molecule has 2 aromatic carbocycles. The maximum absolute atomic E-state index is 12.1. The fourth-order valence-electron chi connectivity index (χ4n) is 2.84. The Labute approximate surface area is 166 Å². The van der Waals surface area contributed by atoms with Crippen molar-refractivity contribution in [2.45, 2.75) is 13.8 Å². The molecule has 2 N–H and O–H groups in total. The molecule has 0 spiro atoms. The SMILES string of the molecule is Cc1cc(/C=N\NC(=O)c2ccccc2O)c(C)n1-c1cccc(Cl)c1Cl. The average molecular weight is 402 g/mol. The molecule has 7 heteroatoms. The Kier molecular flexibility index (Phi) is 5.54. The van der Waals surface area contributed by atoms with Crippen LogP contribution in [0.3, 0.4) is 0 Å². The summed E-state index contributed by atoms with van der Waals surface area (Å²) in [5, 5.41) is 14.7. The Bertz CT molecular complexity index is 1040. The van der Waals surface area contributed by atoms with Gasteiger partial charge < -0.3 is 9.67 Å². The average Bonchev–Trinajstić information content (AvgIpc) is 2.91. The van der Waals surface area contributed by atoms with Crippen molar-refractivity contribution in [1.29, 1.82) is 0 Å². The normalized spacial score (nSPS) is 11.1. The number of hydrogen-bond acceptors (Lipinski definition) is 3. The molecule has 0 bridgehead atoms. The number of halogens is 2. The van der Waals surface area contributed by atoms with Crippen molar-refractivity contribution in [3.8, 4) is 11.4 Å². The maximum Gasteiger partial charge on any atom is 0.275 e. The van der Waals surface area contributed by atoms with E-state index in [9.17, 15) is 9.90 Å². The third kappa shape index (κ3) is 3.84. The first-order valence-corrected chi connectivity index (χ1v) is 8.90. The van der Waals surface area contributed by atoms with E-state index in [0.29, 0.717) is 10.0 Å². The second-order valence-corrected chi connectivity index (χ2v) is 6.74. The highest BCUT2D eigenvalue weighted by molar-refractivity contribution is 6.43. The van der Waals surface area contributed by atoms with E-state index in [1.54, 1.807) is 24.4 Å². The molecule has 0 unspecified atom stereocenters. The Balaban J connectivity index is 1.85. The summed E-state index contributed by atoms with van der Waals surface area (Å²) < 4.78 is 1.97. The lowest BCUT2D eigenvalue weighted by Crippen LogP contribution is -2.17. The second-order valence-electron chi connectivity index (χ2n) is 5.95. The van der Waals surface area contributed by atoms with Gasteiger partial charge in [-0.15, -0.1) is 0 Å². The van der Waals surface area contributed by atoms with Crippen LogP contribution in [0.2, 0.25) is 10.0 Å². The maximum atomic E-state index is 12.1. The van der Waals surface area contributed by atoms with Gasteiger partial charge in [0, 0.05) is 17.0 Å². The minimum absolute atomic E-state index is 0.0982. The van der Waals surface area contributed by atoms with Gasteiger partial charge >= 0.3 is 0 Å². The molecule has 27 heavy (non-hydrogen) atoms. The van der Waals surface area contributed by atoms with Crippen LogP contribution in [0, 0.1) is 13.8 Å². The van der Waals surface area contributed by atoms with Crippen molar-refractivity contribution in [3.05, 3.63) is 81.1 Å². The number of nitrogens with zero attached hydrogens (tertiary/aromatic N) is 2. The zero-order chi connectivity index (χ0) is 19.6. The standard InChI is InChI=1S/C20H17Cl2N3O2/c1-12-10-14(11-23-24-20(27)15-6-3-4-9-18(15)26)13(2)25(12)17-8-5-7-16(21)19(17)22/h3-11,26H,1-2H3,(H,24,27)/b23-11-. The molecule has 0 aliphatic heterocycles. The number of phenols is 1. The zero-order valence-corrected chi connectivity index (χ0v) is 16.2. The van der Waals surface area contributed by atoms with Crippen molar-refractivity contribution in [2.75, 3.05) is 0 Å². The van der Waals surface area contributed by atoms with E-state index in [1.807, 2.05) is 36.6 Å². The quantitative estimate of drug-likeness (QED) is 0.483. The summed E-state index contributed by atoms with van der Waals surface area (Å²) in [7, 11) is 0. The Morgan fingerprint density at radius 3 is 2.63 bits per heavy atom. The predicted molar refractivity (Wildman–Crippen MR) is 108 cm³/mol. The first kappa shape index (κ1) is 19.0. The van der Waals surface area contributed by atoms with Crippen molar-refractivity contribution in [2.24, 2.45) is 5.10 Å². The van der Waals surface area contributed by atoms with Crippen LogP contribution in [0.25, 0.3) is 5.69 Å². The first-order valence-electron chi connectivity index (χ1n) is 8.15. The van der Waals surface area contributed by atoms with Gasteiger partial charge in [0.05, 0.1) is 27.5 Å². The summed E-state index contributed by atoms with van der Waals surface area (Å²) in [5.41, 5.74) is 6.02. The Hall–Kier alpha value is -2.76. The van der Waals surface area contributed by atoms with Gasteiger partial charge in [-0.1, -0.05) is 41.4 Å². The van der Waals surface area contributed by atoms with E-state index in [-0.39, 0.29) is 11.3 Å². The van der Waals surface area contributed by atoms with E-state index in [2.05, 4.69) is 10.5 Å². The molecular weight excluding hydrogens is 385 g/mol. The Morgan fingerprint density at radius 1 is 1.15 bits per heavy atom. The van der Waals surface area contributed by atoms with Crippen LogP contribution in [0.15, 0.2) is 53.6 Å². The highest BCUT2D eigenvalue weighted by Crippen LogP contribution is 2.31. The molecule has 0 radical (unpaired) electrons. The van der Waals surface area contributed by atoms with Gasteiger partial charge in [-0.2, -0.15) is 5.10 Å². The molecular formula is C20H17Cl2N3O2. The second kappa shape index (κ2) is 7.86. The molecule has 0 saturated carbocycles. The summed E-state index contributed by atoms with van der Waals surface area (Å²) in [4.78, 5) is 12.1. The van der Waals surface area contributed by atoms with Gasteiger partial charge in [-0.05, 0) is 44.2 Å². The van der Waals surface area contributed by atoms with E-state index in [1.165, 1.54) is 12.1 Å². The summed E-state index contributed by atoms with van der Waals surface area (Å²) in [5.74, 6) is -0.588. The summed E-state index contributed by atoms with van der Waals surface area (Å²) in [6, 6.07) is 13.7. The minimum Gasteiger partial charge on any atom is -0.507 e. The third-order valence-corrected chi connectivity index (χ3v) is 4.97. The number of phenolic OH excluding ortho intramolecular Hbond substituents is 1.